The normalized spacial score (nSPS) is 10.6. The molecule has 0 bridgehead atoms. The predicted molar refractivity (Wildman–Crippen MR) is 101 cm³/mol. The Labute approximate surface area is 148 Å². The summed E-state index contributed by atoms with van der Waals surface area (Å²) in [5.74, 6) is 0.945. The van der Waals surface area contributed by atoms with Crippen molar-refractivity contribution in [3.8, 4) is 11.5 Å². The summed E-state index contributed by atoms with van der Waals surface area (Å²) in [6.07, 6.45) is 0. The number of hydrogen-bond acceptors (Lipinski definition) is 4. The summed E-state index contributed by atoms with van der Waals surface area (Å²) in [5.41, 5.74) is 1.34. The Balaban J connectivity index is 1.59. The van der Waals surface area contributed by atoms with E-state index in [4.69, 9.17) is 4.74 Å². The zero-order chi connectivity index (χ0) is 17.1. The van der Waals surface area contributed by atoms with Gasteiger partial charge in [0.15, 0.2) is 5.13 Å². The molecule has 4 nitrogen and oxygen atoms in total. The van der Waals surface area contributed by atoms with Gasteiger partial charge in [-0.2, -0.15) is 0 Å². The number of thiazole rings is 1. The topological polar surface area (TPSA) is 51.2 Å². The second-order valence-corrected chi connectivity index (χ2v) is 6.38. The smallest absolute Gasteiger partial charge is 0.261 e. The number of benzene rings is 3. The van der Waals surface area contributed by atoms with Crippen LogP contribution in [-0.4, -0.2) is 10.9 Å². The highest BCUT2D eigenvalue weighted by molar-refractivity contribution is 7.22. The molecule has 1 aromatic heterocycles. The molecule has 3 aromatic carbocycles. The fourth-order valence-corrected chi connectivity index (χ4v) is 3.31. The van der Waals surface area contributed by atoms with Gasteiger partial charge in [0.05, 0.1) is 15.8 Å². The van der Waals surface area contributed by atoms with Gasteiger partial charge < -0.3 is 4.74 Å². The van der Waals surface area contributed by atoms with E-state index in [-0.39, 0.29) is 5.91 Å². The van der Waals surface area contributed by atoms with Gasteiger partial charge in [0, 0.05) is 0 Å². The Morgan fingerprint density at radius 2 is 1.60 bits per heavy atom. The van der Waals surface area contributed by atoms with Crippen LogP contribution in [0.2, 0.25) is 0 Å². The Bertz CT molecular complexity index is 995. The van der Waals surface area contributed by atoms with E-state index < -0.39 is 0 Å². The number of ether oxygens (including phenoxy) is 1. The Kier molecular flexibility index (Phi) is 4.14. The third-order valence-corrected chi connectivity index (χ3v) is 4.57. The lowest BCUT2D eigenvalue weighted by atomic mass is 10.2. The highest BCUT2D eigenvalue weighted by Crippen LogP contribution is 2.28. The van der Waals surface area contributed by atoms with E-state index in [1.807, 2.05) is 66.7 Å². The molecule has 4 aromatic rings. The molecule has 0 aliphatic heterocycles. The summed E-state index contributed by atoms with van der Waals surface area (Å²) >= 11 is 1.45. The molecule has 1 N–H and O–H groups in total. The van der Waals surface area contributed by atoms with Crippen molar-refractivity contribution in [1.29, 1.82) is 0 Å². The van der Waals surface area contributed by atoms with Gasteiger partial charge in [0.25, 0.3) is 5.91 Å². The van der Waals surface area contributed by atoms with E-state index in [1.54, 1.807) is 12.1 Å². The van der Waals surface area contributed by atoms with E-state index in [1.165, 1.54) is 11.3 Å². The largest absolute Gasteiger partial charge is 0.457 e. The first-order valence-electron chi connectivity index (χ1n) is 7.78. The maximum Gasteiger partial charge on any atom is 0.261 e. The van der Waals surface area contributed by atoms with Gasteiger partial charge in [0.2, 0.25) is 0 Å². The number of nitrogens with zero attached hydrogens (tertiary/aromatic N) is 1. The Morgan fingerprint density at radius 1 is 0.880 bits per heavy atom. The van der Waals surface area contributed by atoms with Crippen molar-refractivity contribution in [1.82, 2.24) is 4.98 Å². The van der Waals surface area contributed by atoms with E-state index in [2.05, 4.69) is 10.3 Å². The van der Waals surface area contributed by atoms with Crippen LogP contribution in [0.4, 0.5) is 5.13 Å². The monoisotopic (exact) mass is 346 g/mol. The van der Waals surface area contributed by atoms with Crippen LogP contribution in [0.3, 0.4) is 0 Å². The molecule has 0 atom stereocenters. The third-order valence-electron chi connectivity index (χ3n) is 3.62. The second-order valence-electron chi connectivity index (χ2n) is 5.35. The molecule has 25 heavy (non-hydrogen) atoms. The molecule has 0 radical (unpaired) electrons. The standard InChI is InChI=1S/C20H14N2O2S/c23-19(22-20-21-16-11-5-7-13-18(16)25-20)15-10-4-6-12-17(15)24-14-8-2-1-3-9-14/h1-13H,(H,21,22,23). The van der Waals surface area contributed by atoms with Crippen LogP contribution in [0.25, 0.3) is 10.2 Å². The second kappa shape index (κ2) is 6.75. The van der Waals surface area contributed by atoms with Crippen molar-refractivity contribution in [2.75, 3.05) is 5.32 Å². The fraction of sp³-hybridized carbons (Fsp3) is 0. The lowest BCUT2D eigenvalue weighted by Gasteiger charge is -2.10. The van der Waals surface area contributed by atoms with Crippen molar-refractivity contribution in [2.24, 2.45) is 0 Å². The molecule has 0 aliphatic rings. The highest BCUT2D eigenvalue weighted by Gasteiger charge is 2.15. The number of carbonyl (C=O) groups is 1. The summed E-state index contributed by atoms with van der Waals surface area (Å²) in [5, 5.41) is 3.43. The van der Waals surface area contributed by atoms with Crippen molar-refractivity contribution < 1.29 is 9.53 Å². The lowest BCUT2D eigenvalue weighted by Crippen LogP contribution is -2.12. The van der Waals surface area contributed by atoms with Crippen molar-refractivity contribution in [2.45, 2.75) is 0 Å². The zero-order valence-electron chi connectivity index (χ0n) is 13.2. The summed E-state index contributed by atoms with van der Waals surface area (Å²) in [6.45, 7) is 0. The number of nitrogens with one attached hydrogen (secondary N) is 1. The fourth-order valence-electron chi connectivity index (χ4n) is 2.45. The number of fused-ring (bicyclic) bond motifs is 1. The Morgan fingerprint density at radius 3 is 2.44 bits per heavy atom. The average Bonchev–Trinajstić information content (AvgIpc) is 3.05. The molecule has 0 saturated heterocycles. The number of anilines is 1. The molecule has 122 valence electrons. The third kappa shape index (κ3) is 3.36. The minimum absolute atomic E-state index is 0.245. The molecule has 4 rings (SSSR count). The summed E-state index contributed by atoms with van der Waals surface area (Å²) < 4.78 is 6.88. The van der Waals surface area contributed by atoms with Crippen LogP contribution >= 0.6 is 11.3 Å². The summed E-state index contributed by atoms with van der Waals surface area (Å²) in [6, 6.07) is 24.3. The molecule has 0 spiro atoms. The average molecular weight is 346 g/mol. The van der Waals surface area contributed by atoms with Crippen LogP contribution in [-0.2, 0) is 0 Å². The van der Waals surface area contributed by atoms with E-state index in [0.29, 0.717) is 22.2 Å². The highest BCUT2D eigenvalue weighted by atomic mass is 32.1. The van der Waals surface area contributed by atoms with Crippen LogP contribution in [0.5, 0.6) is 11.5 Å². The summed E-state index contributed by atoms with van der Waals surface area (Å²) in [4.78, 5) is 17.1. The quantitative estimate of drug-likeness (QED) is 0.542. The molecule has 0 saturated carbocycles. The number of aromatic nitrogens is 1. The van der Waals surface area contributed by atoms with Crippen molar-refractivity contribution in [3.05, 3.63) is 84.4 Å². The van der Waals surface area contributed by atoms with Crippen molar-refractivity contribution >= 4 is 32.6 Å². The van der Waals surface area contributed by atoms with Crippen molar-refractivity contribution in [3.63, 3.8) is 0 Å². The van der Waals surface area contributed by atoms with E-state index in [0.717, 1.165) is 10.2 Å². The van der Waals surface area contributed by atoms with Gasteiger partial charge in [-0.15, -0.1) is 0 Å². The van der Waals surface area contributed by atoms with Crippen LogP contribution in [0, 0.1) is 0 Å². The zero-order valence-corrected chi connectivity index (χ0v) is 14.0. The first-order chi connectivity index (χ1) is 12.3. The maximum atomic E-state index is 12.7. The van der Waals surface area contributed by atoms with Gasteiger partial charge >= 0.3 is 0 Å². The molecule has 0 aliphatic carbocycles. The number of para-hydroxylation sites is 3. The summed E-state index contributed by atoms with van der Waals surface area (Å²) in [7, 11) is 0. The number of rotatable bonds is 4. The van der Waals surface area contributed by atoms with Crippen LogP contribution in [0.15, 0.2) is 78.9 Å². The van der Waals surface area contributed by atoms with Crippen LogP contribution in [0.1, 0.15) is 10.4 Å². The molecule has 0 unspecified atom stereocenters. The lowest BCUT2D eigenvalue weighted by molar-refractivity contribution is 0.102. The first-order valence-corrected chi connectivity index (χ1v) is 8.60. The molecule has 0 fully saturated rings. The van der Waals surface area contributed by atoms with E-state index in [9.17, 15) is 4.79 Å². The SMILES string of the molecule is O=C(Nc1nc2ccccc2s1)c1ccccc1Oc1ccccc1. The minimum Gasteiger partial charge on any atom is -0.457 e. The molecule has 1 heterocycles. The van der Waals surface area contributed by atoms with Gasteiger partial charge in [-0.05, 0) is 36.4 Å². The molecular weight excluding hydrogens is 332 g/mol. The predicted octanol–water partition coefficient (Wildman–Crippen LogP) is 5.34. The molecular formula is C20H14N2O2S. The Hall–Kier alpha value is -3.18. The van der Waals surface area contributed by atoms with E-state index >= 15 is 0 Å². The minimum atomic E-state index is -0.245. The first kappa shape index (κ1) is 15.4. The maximum absolute atomic E-state index is 12.7. The van der Waals surface area contributed by atoms with Gasteiger partial charge in [-0.1, -0.05) is 53.8 Å². The molecule has 5 heteroatoms. The number of amides is 1. The van der Waals surface area contributed by atoms with Gasteiger partial charge in [0.1, 0.15) is 11.5 Å². The van der Waals surface area contributed by atoms with Gasteiger partial charge in [-0.3, -0.25) is 10.1 Å². The number of hydrogen-bond donors (Lipinski definition) is 1. The molecule has 1 amide bonds. The van der Waals surface area contributed by atoms with Crippen LogP contribution < -0.4 is 10.1 Å². The van der Waals surface area contributed by atoms with Gasteiger partial charge in [-0.25, -0.2) is 4.98 Å². The number of carbonyl (C=O) groups excluding carboxylic acids is 1.